The molecule has 0 spiro atoms. The predicted octanol–water partition coefficient (Wildman–Crippen LogP) is 0.596. The van der Waals surface area contributed by atoms with Crippen LogP contribution in [0.4, 0.5) is 0 Å². The molecule has 2 rings (SSSR count). The number of hydrogen-bond donors (Lipinski definition) is 1. The Morgan fingerprint density at radius 1 is 1.50 bits per heavy atom. The van der Waals surface area contributed by atoms with Gasteiger partial charge >= 0.3 is 0 Å². The van der Waals surface area contributed by atoms with Gasteiger partial charge in [0.2, 0.25) is 0 Å². The lowest BCUT2D eigenvalue weighted by atomic mass is 9.77. The van der Waals surface area contributed by atoms with Crippen molar-refractivity contribution in [3.8, 4) is 0 Å². The Hall–Kier alpha value is -0.940. The fraction of sp³-hybridized carbons (Fsp3) is 0.818. The van der Waals surface area contributed by atoms with Crippen molar-refractivity contribution in [2.75, 3.05) is 19.8 Å². The minimum atomic E-state index is 0.165. The maximum absolute atomic E-state index is 5.93. The molecule has 0 saturated carbocycles. The second kappa shape index (κ2) is 4.93. The maximum atomic E-state index is 5.93. The van der Waals surface area contributed by atoms with Crippen molar-refractivity contribution in [3.05, 3.63) is 12.2 Å². The average molecular weight is 224 g/mol. The van der Waals surface area contributed by atoms with Gasteiger partial charge in [0, 0.05) is 26.2 Å². The van der Waals surface area contributed by atoms with Crippen molar-refractivity contribution in [2.45, 2.75) is 32.7 Å². The molecule has 0 unspecified atom stereocenters. The lowest BCUT2D eigenvalue weighted by Gasteiger charge is -2.35. The van der Waals surface area contributed by atoms with Crippen LogP contribution in [0.3, 0.4) is 0 Å². The Labute approximate surface area is 96.0 Å². The zero-order chi connectivity index (χ0) is 11.4. The maximum Gasteiger partial charge on any atom is 0.138 e. The molecule has 1 aliphatic rings. The molecule has 1 saturated heterocycles. The highest BCUT2D eigenvalue weighted by Gasteiger charge is 2.32. The minimum Gasteiger partial charge on any atom is -0.381 e. The molecule has 0 aliphatic carbocycles. The van der Waals surface area contributed by atoms with E-state index in [2.05, 4.69) is 17.0 Å². The van der Waals surface area contributed by atoms with Gasteiger partial charge < -0.3 is 10.5 Å². The molecule has 1 fully saturated rings. The van der Waals surface area contributed by atoms with E-state index < -0.39 is 0 Å². The Kier molecular flexibility index (Phi) is 3.56. The molecule has 2 heterocycles. The molecule has 2 N–H and O–H groups in total. The van der Waals surface area contributed by atoms with Gasteiger partial charge in [-0.3, -0.25) is 4.68 Å². The van der Waals surface area contributed by atoms with Gasteiger partial charge in [-0.1, -0.05) is 0 Å². The Morgan fingerprint density at radius 2 is 2.25 bits per heavy atom. The number of hydrogen-bond acceptors (Lipinski definition) is 4. The summed E-state index contributed by atoms with van der Waals surface area (Å²) < 4.78 is 7.36. The molecule has 5 heteroatoms. The molecule has 0 amide bonds. The lowest BCUT2D eigenvalue weighted by Crippen LogP contribution is -2.39. The smallest absolute Gasteiger partial charge is 0.138 e. The van der Waals surface area contributed by atoms with E-state index in [4.69, 9.17) is 10.5 Å². The van der Waals surface area contributed by atoms with Gasteiger partial charge in [0.1, 0.15) is 12.2 Å². The van der Waals surface area contributed by atoms with E-state index in [0.717, 1.165) is 44.8 Å². The summed E-state index contributed by atoms with van der Waals surface area (Å²) >= 11 is 0. The van der Waals surface area contributed by atoms with E-state index in [-0.39, 0.29) is 5.41 Å². The van der Waals surface area contributed by atoms with Crippen LogP contribution in [0.15, 0.2) is 6.33 Å². The fourth-order valence-corrected chi connectivity index (χ4v) is 2.28. The van der Waals surface area contributed by atoms with Crippen LogP contribution >= 0.6 is 0 Å². The summed E-state index contributed by atoms with van der Waals surface area (Å²) in [7, 11) is 0. The summed E-state index contributed by atoms with van der Waals surface area (Å²) in [5.74, 6) is 1.05. The van der Waals surface area contributed by atoms with Crippen molar-refractivity contribution < 1.29 is 4.74 Å². The van der Waals surface area contributed by atoms with E-state index in [0.29, 0.717) is 6.54 Å². The number of rotatable bonds is 4. The fourth-order valence-electron chi connectivity index (χ4n) is 2.28. The molecule has 1 aromatic heterocycles. The van der Waals surface area contributed by atoms with E-state index in [1.165, 1.54) is 0 Å². The van der Waals surface area contributed by atoms with Crippen LogP contribution in [0, 0.1) is 5.41 Å². The minimum absolute atomic E-state index is 0.165. The third-order valence-corrected chi connectivity index (χ3v) is 3.51. The number of nitrogens with zero attached hydrogens (tertiary/aromatic N) is 3. The normalized spacial score (nSPS) is 19.9. The van der Waals surface area contributed by atoms with Crippen molar-refractivity contribution in [1.82, 2.24) is 14.8 Å². The van der Waals surface area contributed by atoms with Gasteiger partial charge in [0.05, 0.1) is 0 Å². The summed E-state index contributed by atoms with van der Waals surface area (Å²) in [6.45, 7) is 5.28. The van der Waals surface area contributed by atoms with E-state index in [1.807, 2.05) is 4.68 Å². The highest BCUT2D eigenvalue weighted by molar-refractivity contribution is 4.95. The molecule has 1 aromatic rings. The number of aryl methyl sites for hydroxylation is 1. The first-order chi connectivity index (χ1) is 7.79. The zero-order valence-electron chi connectivity index (χ0n) is 9.85. The Morgan fingerprint density at radius 3 is 2.88 bits per heavy atom. The van der Waals surface area contributed by atoms with Gasteiger partial charge in [-0.05, 0) is 31.7 Å². The Bertz CT molecular complexity index is 330. The third-order valence-electron chi connectivity index (χ3n) is 3.51. The van der Waals surface area contributed by atoms with Gasteiger partial charge in [0.25, 0.3) is 0 Å². The first-order valence-corrected chi connectivity index (χ1v) is 5.94. The number of ether oxygens (including phenoxy) is 1. The van der Waals surface area contributed by atoms with Gasteiger partial charge in [-0.25, -0.2) is 4.98 Å². The van der Waals surface area contributed by atoms with E-state index >= 15 is 0 Å². The first kappa shape index (κ1) is 11.5. The lowest BCUT2D eigenvalue weighted by molar-refractivity contribution is 0.0177. The molecule has 0 radical (unpaired) electrons. The second-order valence-corrected chi connectivity index (χ2v) is 4.49. The predicted molar refractivity (Wildman–Crippen MR) is 60.9 cm³/mol. The molecular weight excluding hydrogens is 204 g/mol. The summed E-state index contributed by atoms with van der Waals surface area (Å²) in [6, 6.07) is 0. The quantitative estimate of drug-likeness (QED) is 0.813. The molecular formula is C11H20N4O. The highest BCUT2D eigenvalue weighted by Crippen LogP contribution is 2.32. The number of nitrogens with two attached hydrogens (primary N) is 1. The first-order valence-electron chi connectivity index (χ1n) is 5.94. The summed E-state index contributed by atoms with van der Waals surface area (Å²) in [6.07, 6.45) is 4.60. The molecule has 90 valence electrons. The number of aromatic nitrogens is 3. The van der Waals surface area contributed by atoms with Crippen LogP contribution in [0.25, 0.3) is 0 Å². The summed E-state index contributed by atoms with van der Waals surface area (Å²) in [5.41, 5.74) is 6.10. The third kappa shape index (κ3) is 2.25. The van der Waals surface area contributed by atoms with Crippen molar-refractivity contribution >= 4 is 0 Å². The molecule has 1 aliphatic heterocycles. The molecule has 16 heavy (non-hydrogen) atoms. The molecule has 0 aromatic carbocycles. The van der Waals surface area contributed by atoms with E-state index in [1.54, 1.807) is 6.33 Å². The Balaban J connectivity index is 2.11. The van der Waals surface area contributed by atoms with Crippen molar-refractivity contribution in [3.63, 3.8) is 0 Å². The zero-order valence-corrected chi connectivity index (χ0v) is 9.85. The topological polar surface area (TPSA) is 66.0 Å². The SMILES string of the molecule is CCn1ncnc1CC1(CN)CCOCC1. The van der Waals surface area contributed by atoms with Crippen LogP contribution in [0.1, 0.15) is 25.6 Å². The van der Waals surface area contributed by atoms with Crippen molar-refractivity contribution in [2.24, 2.45) is 11.1 Å². The van der Waals surface area contributed by atoms with E-state index in [9.17, 15) is 0 Å². The van der Waals surface area contributed by atoms with Gasteiger partial charge in [-0.2, -0.15) is 5.10 Å². The van der Waals surface area contributed by atoms with Gasteiger partial charge in [-0.15, -0.1) is 0 Å². The molecule has 0 bridgehead atoms. The van der Waals surface area contributed by atoms with Gasteiger partial charge in [0.15, 0.2) is 0 Å². The summed E-state index contributed by atoms with van der Waals surface area (Å²) in [5, 5.41) is 4.20. The second-order valence-electron chi connectivity index (χ2n) is 4.49. The molecule has 0 atom stereocenters. The monoisotopic (exact) mass is 224 g/mol. The van der Waals surface area contributed by atoms with Crippen molar-refractivity contribution in [1.29, 1.82) is 0 Å². The molecule has 5 nitrogen and oxygen atoms in total. The highest BCUT2D eigenvalue weighted by atomic mass is 16.5. The average Bonchev–Trinajstić information content (AvgIpc) is 2.77. The standard InChI is InChI=1S/C11H20N4O/c1-2-15-10(13-9-14-15)7-11(8-12)3-5-16-6-4-11/h9H,2-8,12H2,1H3. The van der Waals surface area contributed by atoms with Crippen LogP contribution in [-0.2, 0) is 17.7 Å². The largest absolute Gasteiger partial charge is 0.381 e. The van der Waals surface area contributed by atoms with Crippen LogP contribution < -0.4 is 5.73 Å². The van der Waals surface area contributed by atoms with Crippen LogP contribution in [-0.4, -0.2) is 34.5 Å². The van der Waals surface area contributed by atoms with Crippen LogP contribution in [0.2, 0.25) is 0 Å². The summed E-state index contributed by atoms with van der Waals surface area (Å²) in [4.78, 5) is 4.33. The van der Waals surface area contributed by atoms with Crippen LogP contribution in [0.5, 0.6) is 0 Å².